The van der Waals surface area contributed by atoms with Crippen LogP contribution in [0.3, 0.4) is 0 Å². The third-order valence-corrected chi connectivity index (χ3v) is 11.8. The van der Waals surface area contributed by atoms with Crippen LogP contribution in [0.5, 0.6) is 0 Å². The molecule has 0 atom stereocenters. The molecule has 0 N–H and O–H groups in total. The zero-order valence-corrected chi connectivity index (χ0v) is 31.0. The predicted octanol–water partition coefficient (Wildman–Crippen LogP) is 14.3. The first kappa shape index (κ1) is 31.7. The van der Waals surface area contributed by atoms with Gasteiger partial charge < -0.3 is 13.7 Å². The Morgan fingerprint density at radius 3 is 1.54 bits per heavy atom. The molecule has 57 heavy (non-hydrogen) atoms. The molecule has 0 radical (unpaired) electrons. The number of hydrogen-bond acceptors (Lipinski definition) is 0. The average molecular weight is 726 g/mol. The summed E-state index contributed by atoms with van der Waals surface area (Å²) >= 11 is 0. The number of benzene rings is 9. The number of para-hydroxylation sites is 6. The summed E-state index contributed by atoms with van der Waals surface area (Å²) in [5.74, 6) is 0. The lowest BCUT2D eigenvalue weighted by atomic mass is 10.0. The Balaban J connectivity index is 1.16. The van der Waals surface area contributed by atoms with E-state index in [-0.39, 0.29) is 0 Å². The first-order valence-electron chi connectivity index (χ1n) is 19.6. The smallest absolute Gasteiger partial charge is 0.0619 e. The fourth-order valence-electron chi connectivity index (χ4n) is 9.48. The summed E-state index contributed by atoms with van der Waals surface area (Å²) in [6, 6.07) is 77.3. The van der Waals surface area contributed by atoms with Gasteiger partial charge in [-0.3, -0.25) is 0 Å². The highest BCUT2D eigenvalue weighted by Crippen LogP contribution is 2.46. The van der Waals surface area contributed by atoms with Gasteiger partial charge in [0.05, 0.1) is 38.8 Å². The maximum atomic E-state index is 2.49. The van der Waals surface area contributed by atoms with Crippen molar-refractivity contribution in [3.05, 3.63) is 212 Å². The van der Waals surface area contributed by atoms with E-state index in [2.05, 4.69) is 226 Å². The molecule has 9 aromatic carbocycles. The van der Waals surface area contributed by atoms with Crippen LogP contribution in [0.2, 0.25) is 0 Å². The molecule has 0 spiro atoms. The van der Waals surface area contributed by atoms with Gasteiger partial charge in [0.2, 0.25) is 0 Å². The SMILES string of the molecule is c1ccc(-c2cccc3c4c5c6ccccc6n(-c6ccccc6-c6ccc7c8ccccc8n(-c8ccccc8)c7c6)c5ccc4n(-c4ccccc4)c23)cc1. The van der Waals surface area contributed by atoms with Crippen molar-refractivity contribution in [2.75, 3.05) is 0 Å². The van der Waals surface area contributed by atoms with E-state index in [4.69, 9.17) is 0 Å². The van der Waals surface area contributed by atoms with Gasteiger partial charge in [0.15, 0.2) is 0 Å². The first-order valence-corrected chi connectivity index (χ1v) is 19.6. The van der Waals surface area contributed by atoms with Crippen molar-refractivity contribution in [1.82, 2.24) is 13.7 Å². The molecular weight excluding hydrogens is 691 g/mol. The Hall–Kier alpha value is -7.62. The molecule has 0 fully saturated rings. The summed E-state index contributed by atoms with van der Waals surface area (Å²) in [4.78, 5) is 0. The molecule has 0 aliphatic heterocycles. The molecule has 266 valence electrons. The highest BCUT2D eigenvalue weighted by atomic mass is 15.0. The van der Waals surface area contributed by atoms with Gasteiger partial charge in [0, 0.05) is 54.8 Å². The van der Waals surface area contributed by atoms with E-state index in [1.54, 1.807) is 0 Å². The second kappa shape index (κ2) is 12.5. The molecule has 0 aliphatic carbocycles. The summed E-state index contributed by atoms with van der Waals surface area (Å²) in [5.41, 5.74) is 15.5. The molecule has 12 rings (SSSR count). The summed E-state index contributed by atoms with van der Waals surface area (Å²) in [6.07, 6.45) is 0. The number of aromatic nitrogens is 3. The van der Waals surface area contributed by atoms with Gasteiger partial charge in [-0.1, -0.05) is 152 Å². The lowest BCUT2D eigenvalue weighted by molar-refractivity contribution is 1.17. The number of hydrogen-bond donors (Lipinski definition) is 0. The van der Waals surface area contributed by atoms with Gasteiger partial charge in [-0.25, -0.2) is 0 Å². The number of fused-ring (bicyclic) bond motifs is 10. The van der Waals surface area contributed by atoms with E-state index >= 15 is 0 Å². The molecule has 0 amide bonds. The van der Waals surface area contributed by atoms with E-state index in [1.165, 1.54) is 87.7 Å². The molecular formula is C54H35N3. The predicted molar refractivity (Wildman–Crippen MR) is 240 cm³/mol. The number of rotatable bonds is 5. The normalized spacial score (nSPS) is 11.9. The molecule has 0 saturated carbocycles. The lowest BCUT2D eigenvalue weighted by Gasteiger charge is -2.15. The van der Waals surface area contributed by atoms with E-state index in [1.807, 2.05) is 0 Å². The standard InChI is InChI=1S/C54H35N3/c1-4-17-36(18-5-1)41-26-16-27-45-53-49(56(54(41)45)39-21-8-3-9-22-39)33-34-50-52(53)44-25-12-15-30-48(44)57(50)46-28-13-10-23-40(46)37-31-32-43-42-24-11-14-29-47(42)55(51(43)35-37)38-19-6-2-7-20-38/h1-35H. The highest BCUT2D eigenvalue weighted by molar-refractivity contribution is 6.30. The summed E-state index contributed by atoms with van der Waals surface area (Å²) in [6.45, 7) is 0. The van der Waals surface area contributed by atoms with Crippen molar-refractivity contribution in [1.29, 1.82) is 0 Å². The first-order chi connectivity index (χ1) is 28.3. The summed E-state index contributed by atoms with van der Waals surface area (Å²) < 4.78 is 7.36. The van der Waals surface area contributed by atoms with Crippen LogP contribution in [0.4, 0.5) is 0 Å². The number of nitrogens with zero attached hydrogens (tertiary/aromatic N) is 3. The summed E-state index contributed by atoms with van der Waals surface area (Å²) in [7, 11) is 0. The minimum Gasteiger partial charge on any atom is -0.309 e. The molecule has 0 bridgehead atoms. The summed E-state index contributed by atoms with van der Waals surface area (Å²) in [5, 5.41) is 7.53. The van der Waals surface area contributed by atoms with Crippen LogP contribution in [0, 0.1) is 0 Å². The van der Waals surface area contributed by atoms with Crippen molar-refractivity contribution < 1.29 is 0 Å². The van der Waals surface area contributed by atoms with Gasteiger partial charge in [-0.15, -0.1) is 0 Å². The quantitative estimate of drug-likeness (QED) is 0.168. The van der Waals surface area contributed by atoms with Gasteiger partial charge in [0.1, 0.15) is 0 Å². The second-order valence-electron chi connectivity index (χ2n) is 14.9. The van der Waals surface area contributed by atoms with Gasteiger partial charge in [-0.05, 0) is 71.8 Å². The van der Waals surface area contributed by atoms with Crippen molar-refractivity contribution >= 4 is 65.4 Å². The second-order valence-corrected chi connectivity index (χ2v) is 14.9. The zero-order chi connectivity index (χ0) is 37.5. The molecule has 3 nitrogen and oxygen atoms in total. The fourth-order valence-corrected chi connectivity index (χ4v) is 9.48. The molecule has 12 aromatic rings. The fraction of sp³-hybridized carbons (Fsp3) is 0. The van der Waals surface area contributed by atoms with Gasteiger partial charge in [-0.2, -0.15) is 0 Å². The van der Waals surface area contributed by atoms with Crippen LogP contribution >= 0.6 is 0 Å². The zero-order valence-electron chi connectivity index (χ0n) is 31.0. The molecule has 0 unspecified atom stereocenters. The van der Waals surface area contributed by atoms with Crippen LogP contribution in [0.25, 0.3) is 105 Å². The molecule has 0 aliphatic rings. The molecule has 3 heterocycles. The van der Waals surface area contributed by atoms with Crippen LogP contribution in [0.15, 0.2) is 212 Å². The Morgan fingerprint density at radius 2 is 0.789 bits per heavy atom. The maximum Gasteiger partial charge on any atom is 0.0619 e. The third kappa shape index (κ3) is 4.66. The minimum atomic E-state index is 1.15. The maximum absolute atomic E-state index is 2.49. The van der Waals surface area contributed by atoms with Crippen LogP contribution < -0.4 is 0 Å². The van der Waals surface area contributed by atoms with E-state index in [0.717, 1.165) is 17.1 Å². The van der Waals surface area contributed by atoms with Crippen molar-refractivity contribution in [2.24, 2.45) is 0 Å². The topological polar surface area (TPSA) is 14.8 Å². The highest BCUT2D eigenvalue weighted by Gasteiger charge is 2.23. The van der Waals surface area contributed by atoms with Crippen molar-refractivity contribution in [3.63, 3.8) is 0 Å². The third-order valence-electron chi connectivity index (χ3n) is 11.8. The largest absolute Gasteiger partial charge is 0.309 e. The van der Waals surface area contributed by atoms with E-state index < -0.39 is 0 Å². The Labute approximate surface area is 329 Å². The van der Waals surface area contributed by atoms with Gasteiger partial charge in [0.25, 0.3) is 0 Å². The Bertz CT molecular complexity index is 3500. The van der Waals surface area contributed by atoms with E-state index in [0.29, 0.717) is 0 Å². The molecule has 3 aromatic heterocycles. The monoisotopic (exact) mass is 725 g/mol. The van der Waals surface area contributed by atoms with Crippen LogP contribution in [-0.2, 0) is 0 Å². The van der Waals surface area contributed by atoms with Crippen LogP contribution in [-0.4, -0.2) is 13.7 Å². The molecule has 0 saturated heterocycles. The van der Waals surface area contributed by atoms with Crippen molar-refractivity contribution in [3.8, 4) is 39.3 Å². The van der Waals surface area contributed by atoms with Gasteiger partial charge >= 0.3 is 0 Å². The van der Waals surface area contributed by atoms with Crippen molar-refractivity contribution in [2.45, 2.75) is 0 Å². The lowest BCUT2D eigenvalue weighted by Crippen LogP contribution is -1.98. The Kier molecular flexibility index (Phi) is 6.93. The van der Waals surface area contributed by atoms with E-state index in [9.17, 15) is 0 Å². The average Bonchev–Trinajstić information content (AvgIpc) is 3.92. The Morgan fingerprint density at radius 1 is 0.263 bits per heavy atom. The minimum absolute atomic E-state index is 1.15. The molecule has 3 heteroatoms. The van der Waals surface area contributed by atoms with Crippen LogP contribution in [0.1, 0.15) is 0 Å².